The number of hydrogen-bond donors (Lipinski definition) is 1. The number of halogens is 1. The molecule has 0 aliphatic carbocycles. The predicted octanol–water partition coefficient (Wildman–Crippen LogP) is 5.63. The minimum atomic E-state index is -4.24. The molecule has 8 nitrogen and oxygen atoms in total. The summed E-state index contributed by atoms with van der Waals surface area (Å²) in [4.78, 5) is 29.5. The van der Waals surface area contributed by atoms with E-state index in [1.165, 1.54) is 24.1 Å². The van der Waals surface area contributed by atoms with Crippen molar-refractivity contribution in [2.75, 3.05) is 24.5 Å². The number of hydrogen-bond acceptors (Lipinski definition) is 5. The van der Waals surface area contributed by atoms with Crippen LogP contribution in [0.1, 0.15) is 23.6 Å². The fourth-order valence-electron chi connectivity index (χ4n) is 4.86. The van der Waals surface area contributed by atoms with Crippen LogP contribution in [0.25, 0.3) is 0 Å². The predicted molar refractivity (Wildman–Crippen MR) is 173 cm³/mol. The Hall–Kier alpha value is -4.34. The number of anilines is 1. The molecule has 0 radical (unpaired) electrons. The first-order valence-corrected chi connectivity index (χ1v) is 16.0. The molecule has 0 aromatic heterocycles. The highest BCUT2D eigenvalue weighted by Gasteiger charge is 2.35. The molecule has 0 fully saturated rings. The van der Waals surface area contributed by atoms with Gasteiger partial charge in [0.1, 0.15) is 18.3 Å². The molecule has 4 rings (SSSR count). The summed E-state index contributed by atoms with van der Waals surface area (Å²) in [6, 6.07) is 28.5. The van der Waals surface area contributed by atoms with Crippen molar-refractivity contribution in [2.24, 2.45) is 0 Å². The maximum Gasteiger partial charge on any atom is 0.264 e. The monoisotopic (exact) mass is 633 g/mol. The van der Waals surface area contributed by atoms with Gasteiger partial charge in [-0.05, 0) is 61.4 Å². The summed E-state index contributed by atoms with van der Waals surface area (Å²) in [5, 5.41) is 3.33. The third-order valence-electron chi connectivity index (χ3n) is 7.11. The van der Waals surface area contributed by atoms with Crippen molar-refractivity contribution >= 4 is 39.1 Å². The van der Waals surface area contributed by atoms with Gasteiger partial charge in [0.2, 0.25) is 11.8 Å². The van der Waals surface area contributed by atoms with E-state index in [1.54, 1.807) is 61.5 Å². The Balaban J connectivity index is 1.82. The summed E-state index contributed by atoms with van der Waals surface area (Å²) in [6.07, 6.45) is 0.221. The fourth-order valence-corrected chi connectivity index (χ4v) is 6.50. The minimum Gasteiger partial charge on any atom is -0.495 e. The van der Waals surface area contributed by atoms with Gasteiger partial charge in [0, 0.05) is 24.5 Å². The molecule has 0 spiro atoms. The van der Waals surface area contributed by atoms with E-state index in [9.17, 15) is 18.0 Å². The Kier molecular flexibility index (Phi) is 11.0. The molecule has 0 aliphatic heterocycles. The maximum atomic E-state index is 14.5. The summed E-state index contributed by atoms with van der Waals surface area (Å²) >= 11 is 6.28. The van der Waals surface area contributed by atoms with Gasteiger partial charge in [-0.15, -0.1) is 0 Å². The number of nitrogens with one attached hydrogen (secondary N) is 1. The van der Waals surface area contributed by atoms with Crippen LogP contribution in [0, 0.1) is 6.92 Å². The van der Waals surface area contributed by atoms with Gasteiger partial charge in [0.25, 0.3) is 10.0 Å². The number of amides is 2. The Morgan fingerprint density at radius 1 is 0.886 bits per heavy atom. The molecule has 1 atom stereocenters. The molecule has 1 N–H and O–H groups in total. The summed E-state index contributed by atoms with van der Waals surface area (Å²) in [6.45, 7) is 3.47. The number of likely N-dealkylation sites (N-methyl/N-ethyl adjacent to an activating group) is 1. The molecular weight excluding hydrogens is 598 g/mol. The number of carbonyl (C=O) groups is 2. The average molecular weight is 634 g/mol. The fraction of sp³-hybridized carbons (Fsp3) is 0.235. The number of nitrogens with zero attached hydrogens (tertiary/aromatic N) is 2. The number of rotatable bonds is 13. The summed E-state index contributed by atoms with van der Waals surface area (Å²) in [7, 11) is -2.80. The lowest BCUT2D eigenvalue weighted by molar-refractivity contribution is -0.140. The summed E-state index contributed by atoms with van der Waals surface area (Å²) in [5.74, 6) is -0.641. The molecule has 0 heterocycles. The van der Waals surface area contributed by atoms with Crippen molar-refractivity contribution in [2.45, 2.75) is 37.8 Å². The number of ether oxygens (including phenoxy) is 1. The van der Waals surface area contributed by atoms with Crippen LogP contribution in [0.2, 0.25) is 5.02 Å². The molecule has 0 saturated heterocycles. The van der Waals surface area contributed by atoms with Gasteiger partial charge in [-0.1, -0.05) is 83.9 Å². The minimum absolute atomic E-state index is 0.0211. The molecule has 44 heavy (non-hydrogen) atoms. The van der Waals surface area contributed by atoms with Crippen molar-refractivity contribution in [3.05, 3.63) is 125 Å². The molecule has 0 unspecified atom stereocenters. The van der Waals surface area contributed by atoms with Gasteiger partial charge in [0.05, 0.1) is 17.7 Å². The van der Waals surface area contributed by atoms with E-state index in [0.29, 0.717) is 17.1 Å². The topological polar surface area (TPSA) is 96.0 Å². The van der Waals surface area contributed by atoms with Crippen LogP contribution in [-0.4, -0.2) is 51.4 Å². The van der Waals surface area contributed by atoms with Crippen LogP contribution in [-0.2, 0) is 32.6 Å². The van der Waals surface area contributed by atoms with Crippen molar-refractivity contribution < 1.29 is 22.7 Å². The first-order valence-electron chi connectivity index (χ1n) is 14.2. The lowest BCUT2D eigenvalue weighted by atomic mass is 10.0. The molecule has 0 aliphatic rings. The smallest absolute Gasteiger partial charge is 0.264 e. The number of benzene rings is 4. The molecule has 2 amide bonds. The largest absolute Gasteiger partial charge is 0.495 e. The van der Waals surface area contributed by atoms with Gasteiger partial charge in [0.15, 0.2) is 0 Å². The van der Waals surface area contributed by atoms with Crippen LogP contribution in [0.4, 0.5) is 5.69 Å². The zero-order chi connectivity index (χ0) is 31.7. The Morgan fingerprint density at radius 2 is 1.55 bits per heavy atom. The highest BCUT2D eigenvalue weighted by Crippen LogP contribution is 2.33. The summed E-state index contributed by atoms with van der Waals surface area (Å²) < 4.78 is 34.9. The Labute approximate surface area is 264 Å². The lowest BCUT2D eigenvalue weighted by Crippen LogP contribution is -2.53. The maximum absolute atomic E-state index is 14.5. The van der Waals surface area contributed by atoms with E-state index in [1.807, 2.05) is 43.3 Å². The van der Waals surface area contributed by atoms with Crippen molar-refractivity contribution in [3.8, 4) is 5.75 Å². The van der Waals surface area contributed by atoms with Crippen LogP contribution < -0.4 is 14.4 Å². The van der Waals surface area contributed by atoms with Gasteiger partial charge in [-0.3, -0.25) is 13.9 Å². The Morgan fingerprint density at radius 3 is 2.20 bits per heavy atom. The van der Waals surface area contributed by atoms with E-state index >= 15 is 0 Å². The third kappa shape index (κ3) is 7.98. The van der Waals surface area contributed by atoms with Gasteiger partial charge < -0.3 is 15.0 Å². The normalized spacial score (nSPS) is 11.8. The number of aryl methyl sites for hydroxylation is 1. The van der Waals surface area contributed by atoms with E-state index in [4.69, 9.17) is 16.3 Å². The van der Waals surface area contributed by atoms with Crippen LogP contribution in [0.3, 0.4) is 0 Å². The second-order valence-electron chi connectivity index (χ2n) is 10.2. The SMILES string of the molecule is CCNC(=O)[C@@H](Cc1ccccc1)N(Cc1cccc(Cl)c1)C(=O)CN(c1ccccc1OC)S(=O)(=O)c1ccc(C)cc1. The van der Waals surface area contributed by atoms with Gasteiger partial charge in [-0.25, -0.2) is 8.42 Å². The Bertz CT molecular complexity index is 1680. The number of sulfonamides is 1. The molecule has 0 bridgehead atoms. The molecule has 0 saturated carbocycles. The standard InChI is InChI=1S/C34H36ClN3O5S/c1-4-36-34(40)31(22-26-11-6-5-7-12-26)37(23-27-13-10-14-28(35)21-27)33(39)24-38(30-15-8-9-16-32(30)43-3)44(41,42)29-19-17-25(2)18-20-29/h5-21,31H,4,22-24H2,1-3H3,(H,36,40)/t31-/m1/s1. The highest BCUT2D eigenvalue weighted by atomic mass is 35.5. The van der Waals surface area contributed by atoms with E-state index < -0.39 is 28.5 Å². The van der Waals surface area contributed by atoms with Crippen LogP contribution >= 0.6 is 11.6 Å². The van der Waals surface area contributed by atoms with Crippen molar-refractivity contribution in [3.63, 3.8) is 0 Å². The molecule has 10 heteroatoms. The first kappa shape index (κ1) is 32.6. The number of para-hydroxylation sites is 2. The number of methoxy groups -OCH3 is 1. The zero-order valence-corrected chi connectivity index (χ0v) is 26.5. The molecule has 4 aromatic carbocycles. The molecular formula is C34H36ClN3O5S. The lowest BCUT2D eigenvalue weighted by Gasteiger charge is -2.34. The molecule has 230 valence electrons. The molecule has 4 aromatic rings. The van der Waals surface area contributed by atoms with Crippen molar-refractivity contribution in [1.82, 2.24) is 10.2 Å². The van der Waals surface area contributed by atoms with E-state index in [0.717, 1.165) is 15.4 Å². The van der Waals surface area contributed by atoms with Crippen LogP contribution in [0.15, 0.2) is 108 Å². The zero-order valence-electron chi connectivity index (χ0n) is 24.9. The van der Waals surface area contributed by atoms with E-state index in [-0.39, 0.29) is 35.2 Å². The third-order valence-corrected chi connectivity index (χ3v) is 9.11. The summed E-state index contributed by atoms with van der Waals surface area (Å²) in [5.41, 5.74) is 2.63. The van der Waals surface area contributed by atoms with Gasteiger partial charge >= 0.3 is 0 Å². The average Bonchev–Trinajstić information content (AvgIpc) is 3.02. The highest BCUT2D eigenvalue weighted by molar-refractivity contribution is 7.92. The number of carbonyl (C=O) groups excluding carboxylic acids is 2. The quantitative estimate of drug-likeness (QED) is 0.206. The second-order valence-corrected chi connectivity index (χ2v) is 12.5. The second kappa shape index (κ2) is 14.9. The van der Waals surface area contributed by atoms with Gasteiger partial charge in [-0.2, -0.15) is 0 Å². The first-order chi connectivity index (χ1) is 21.1. The van der Waals surface area contributed by atoms with Crippen LogP contribution in [0.5, 0.6) is 5.75 Å². The van der Waals surface area contributed by atoms with Crippen molar-refractivity contribution in [1.29, 1.82) is 0 Å². The van der Waals surface area contributed by atoms with E-state index in [2.05, 4.69) is 5.32 Å².